The summed E-state index contributed by atoms with van der Waals surface area (Å²) in [6.45, 7) is 4.57. The van der Waals surface area contributed by atoms with Gasteiger partial charge in [0.05, 0.1) is 4.47 Å². The summed E-state index contributed by atoms with van der Waals surface area (Å²) in [5.41, 5.74) is 8.36. The molecule has 2 aromatic carbocycles. The third-order valence-corrected chi connectivity index (χ3v) is 4.89. The Hall–Kier alpha value is -2.90. The van der Waals surface area contributed by atoms with Gasteiger partial charge in [0, 0.05) is 29.6 Å². The van der Waals surface area contributed by atoms with E-state index in [0.29, 0.717) is 18.9 Å². The predicted octanol–water partition coefficient (Wildman–Crippen LogP) is 4.35. The lowest BCUT2D eigenvalue weighted by molar-refractivity contribution is -0.109. The molecule has 0 aliphatic rings. The Morgan fingerprint density at radius 2 is 1.83 bits per heavy atom. The Morgan fingerprint density at radius 1 is 1.14 bits per heavy atom. The van der Waals surface area contributed by atoms with Crippen molar-refractivity contribution in [3.8, 4) is 17.0 Å². The number of pyridine rings is 1. The fourth-order valence-electron chi connectivity index (χ4n) is 2.84. The molecule has 152 valence electrons. The van der Waals surface area contributed by atoms with Gasteiger partial charge in [0.15, 0.2) is 0 Å². The van der Waals surface area contributed by atoms with Crippen molar-refractivity contribution in [3.05, 3.63) is 75.9 Å². The first-order valence-electron chi connectivity index (χ1n) is 9.03. The number of nitrogens with two attached hydrogens (primary N) is 1. The van der Waals surface area contributed by atoms with Crippen LogP contribution >= 0.6 is 15.9 Å². The molecule has 3 rings (SSSR count). The fraction of sp³-hybridized carbons (Fsp3) is 0.182. The summed E-state index contributed by atoms with van der Waals surface area (Å²) in [6.07, 6.45) is 0.403. The van der Waals surface area contributed by atoms with E-state index in [1.807, 2.05) is 38.2 Å². The summed E-state index contributed by atoms with van der Waals surface area (Å²) in [7, 11) is 1.92. The fourth-order valence-corrected chi connectivity index (χ4v) is 3.27. The number of hydrazine groups is 1. The van der Waals surface area contributed by atoms with Crippen molar-refractivity contribution in [3.63, 3.8) is 0 Å². The molecule has 0 aliphatic heterocycles. The number of ether oxygens (including phenoxy) is 1. The van der Waals surface area contributed by atoms with Crippen LogP contribution in [0.1, 0.15) is 16.8 Å². The van der Waals surface area contributed by atoms with Gasteiger partial charge in [-0.2, -0.15) is 0 Å². The number of aromatic nitrogens is 1. The van der Waals surface area contributed by atoms with E-state index in [-0.39, 0.29) is 0 Å². The van der Waals surface area contributed by atoms with Gasteiger partial charge in [-0.3, -0.25) is 10.2 Å². The van der Waals surface area contributed by atoms with Gasteiger partial charge in [0.25, 0.3) is 0 Å². The number of aryl methyl sites for hydroxylation is 2. The lowest BCUT2D eigenvalue weighted by Crippen LogP contribution is -2.18. The molecule has 6 nitrogen and oxygen atoms in total. The van der Waals surface area contributed by atoms with Crippen molar-refractivity contribution in [1.29, 1.82) is 0 Å². The topological polar surface area (TPSA) is 89.3 Å². The zero-order chi connectivity index (χ0) is 21.2. The Labute approximate surface area is 179 Å². The van der Waals surface area contributed by atoms with Crippen LogP contribution in [0.3, 0.4) is 0 Å². The Balaban J connectivity index is 0.000000687. The SMILES string of the molecule is CNc1cccc(C)c1COc1nc(C)c(-c2ccccc2)cc1Br.NNC=O. The molecule has 0 aliphatic carbocycles. The van der Waals surface area contributed by atoms with E-state index in [1.54, 1.807) is 5.43 Å². The smallest absolute Gasteiger partial charge is 0.228 e. The molecule has 7 heteroatoms. The normalized spacial score (nSPS) is 9.83. The first-order valence-corrected chi connectivity index (χ1v) is 9.82. The highest BCUT2D eigenvalue weighted by atomic mass is 79.9. The lowest BCUT2D eigenvalue weighted by atomic mass is 10.0. The van der Waals surface area contributed by atoms with Gasteiger partial charge in [0.2, 0.25) is 12.3 Å². The average Bonchev–Trinajstić information content (AvgIpc) is 2.75. The van der Waals surface area contributed by atoms with E-state index >= 15 is 0 Å². The monoisotopic (exact) mass is 456 g/mol. The molecule has 1 amide bonds. The molecule has 1 aromatic heterocycles. The van der Waals surface area contributed by atoms with Crippen molar-refractivity contribution in [2.75, 3.05) is 12.4 Å². The summed E-state index contributed by atoms with van der Waals surface area (Å²) < 4.78 is 6.88. The van der Waals surface area contributed by atoms with Crippen molar-refractivity contribution in [1.82, 2.24) is 10.4 Å². The van der Waals surface area contributed by atoms with E-state index in [0.717, 1.165) is 32.5 Å². The largest absolute Gasteiger partial charge is 0.472 e. The maximum absolute atomic E-state index is 8.94. The second kappa shape index (κ2) is 11.2. The number of rotatable bonds is 6. The molecule has 0 bridgehead atoms. The van der Waals surface area contributed by atoms with Crippen molar-refractivity contribution in [2.45, 2.75) is 20.5 Å². The first kappa shape index (κ1) is 22.4. The van der Waals surface area contributed by atoms with E-state index in [1.165, 1.54) is 5.56 Å². The van der Waals surface area contributed by atoms with E-state index in [4.69, 9.17) is 9.53 Å². The molecule has 0 spiro atoms. The summed E-state index contributed by atoms with van der Waals surface area (Å²) >= 11 is 3.60. The Kier molecular flexibility index (Phi) is 8.64. The standard InChI is InChI=1S/C21H21BrN2O.CH4N2O/c1-14-8-7-11-20(23-3)18(14)13-25-21-19(22)12-17(15(2)24-21)16-9-5-4-6-10-16;2-3-1-4/h4-12,23H,13H2,1-3H3;1H,2H2,(H,3,4). The van der Waals surface area contributed by atoms with Crippen LogP contribution in [0.4, 0.5) is 5.69 Å². The average molecular weight is 457 g/mol. The zero-order valence-electron chi connectivity index (χ0n) is 16.7. The van der Waals surface area contributed by atoms with E-state index < -0.39 is 0 Å². The molecule has 0 unspecified atom stereocenters. The molecule has 3 aromatic rings. The van der Waals surface area contributed by atoms with Gasteiger partial charge in [-0.25, -0.2) is 10.8 Å². The maximum atomic E-state index is 8.94. The molecule has 4 N–H and O–H groups in total. The third kappa shape index (κ3) is 6.04. The van der Waals surface area contributed by atoms with E-state index in [9.17, 15) is 0 Å². The minimum atomic E-state index is 0.403. The summed E-state index contributed by atoms with van der Waals surface area (Å²) in [5, 5.41) is 3.22. The van der Waals surface area contributed by atoms with Crippen LogP contribution in [0.15, 0.2) is 59.1 Å². The van der Waals surface area contributed by atoms with Crippen LogP contribution in [0, 0.1) is 13.8 Å². The number of carbonyl (C=O) groups is 1. The van der Waals surface area contributed by atoms with Gasteiger partial charge in [-0.05, 0) is 53.0 Å². The summed E-state index contributed by atoms with van der Waals surface area (Å²) in [5.74, 6) is 5.02. The molecule has 0 saturated heterocycles. The van der Waals surface area contributed by atoms with Crippen molar-refractivity contribution < 1.29 is 9.53 Å². The minimum Gasteiger partial charge on any atom is -0.472 e. The maximum Gasteiger partial charge on any atom is 0.228 e. The molecule has 29 heavy (non-hydrogen) atoms. The second-order valence-corrected chi connectivity index (χ2v) is 7.05. The van der Waals surface area contributed by atoms with Crippen LogP contribution in [0.25, 0.3) is 11.1 Å². The van der Waals surface area contributed by atoms with Crippen molar-refractivity contribution in [2.24, 2.45) is 5.84 Å². The van der Waals surface area contributed by atoms with Crippen LogP contribution in [-0.4, -0.2) is 18.4 Å². The van der Waals surface area contributed by atoms with Crippen LogP contribution in [-0.2, 0) is 11.4 Å². The number of anilines is 1. The van der Waals surface area contributed by atoms with E-state index in [2.05, 4.69) is 69.3 Å². The van der Waals surface area contributed by atoms with Gasteiger partial charge < -0.3 is 10.1 Å². The molecule has 0 atom stereocenters. The van der Waals surface area contributed by atoms with Crippen LogP contribution < -0.4 is 21.3 Å². The molecular formula is C22H25BrN4O2. The van der Waals surface area contributed by atoms with Gasteiger partial charge in [-0.1, -0.05) is 42.5 Å². The third-order valence-electron chi connectivity index (χ3n) is 4.32. The molecular weight excluding hydrogens is 432 g/mol. The highest BCUT2D eigenvalue weighted by Gasteiger charge is 2.12. The van der Waals surface area contributed by atoms with Gasteiger partial charge >= 0.3 is 0 Å². The quantitative estimate of drug-likeness (QED) is 0.222. The summed E-state index contributed by atoms with van der Waals surface area (Å²) in [6, 6.07) is 18.5. The van der Waals surface area contributed by atoms with Crippen LogP contribution in [0.2, 0.25) is 0 Å². The summed E-state index contributed by atoms with van der Waals surface area (Å²) in [4.78, 5) is 13.6. The number of hydrogen-bond donors (Lipinski definition) is 3. The lowest BCUT2D eigenvalue weighted by Gasteiger charge is -2.15. The van der Waals surface area contributed by atoms with Gasteiger partial charge in [-0.15, -0.1) is 0 Å². The second-order valence-electron chi connectivity index (χ2n) is 6.20. The van der Waals surface area contributed by atoms with Crippen LogP contribution in [0.5, 0.6) is 5.88 Å². The molecule has 1 heterocycles. The number of nitrogens with zero attached hydrogens (tertiary/aromatic N) is 1. The Morgan fingerprint density at radius 3 is 2.45 bits per heavy atom. The highest BCUT2D eigenvalue weighted by molar-refractivity contribution is 9.10. The number of halogens is 1. The van der Waals surface area contributed by atoms with Crippen molar-refractivity contribution >= 4 is 28.0 Å². The van der Waals surface area contributed by atoms with Gasteiger partial charge in [0.1, 0.15) is 6.61 Å². The molecule has 0 saturated carbocycles. The number of hydrogen-bond acceptors (Lipinski definition) is 5. The number of carbonyl (C=O) groups excluding carboxylic acids is 1. The number of amides is 1. The zero-order valence-corrected chi connectivity index (χ0v) is 18.3. The number of nitrogens with one attached hydrogen (secondary N) is 2. The minimum absolute atomic E-state index is 0.403. The number of benzene rings is 2. The highest BCUT2D eigenvalue weighted by Crippen LogP contribution is 2.32. The first-order chi connectivity index (χ1) is 14.0. The molecule has 0 radical (unpaired) electrons. The predicted molar refractivity (Wildman–Crippen MR) is 121 cm³/mol. The molecule has 0 fully saturated rings. The Bertz CT molecular complexity index is 949.